The zero-order chi connectivity index (χ0) is 16.3. The van der Waals surface area contributed by atoms with Crippen molar-refractivity contribution in [1.29, 1.82) is 0 Å². The van der Waals surface area contributed by atoms with Gasteiger partial charge in [0.05, 0.1) is 12.0 Å². The molecule has 0 spiro atoms. The van der Waals surface area contributed by atoms with Gasteiger partial charge in [-0.15, -0.1) is 0 Å². The van der Waals surface area contributed by atoms with E-state index in [1.165, 1.54) is 25.3 Å². The number of nitrogens with zero attached hydrogens (tertiary/aromatic N) is 1. The lowest BCUT2D eigenvalue weighted by molar-refractivity contribution is -0.385. The molecule has 0 radical (unpaired) electrons. The van der Waals surface area contributed by atoms with E-state index in [9.17, 15) is 28.1 Å². The van der Waals surface area contributed by atoms with Crippen molar-refractivity contribution in [2.45, 2.75) is 26.9 Å². The van der Waals surface area contributed by atoms with Crippen molar-refractivity contribution in [2.24, 2.45) is 0 Å². The molecule has 1 aromatic carbocycles. The van der Waals surface area contributed by atoms with Crippen LogP contribution >= 0.6 is 0 Å². The Bertz CT molecular complexity index is 427. The van der Waals surface area contributed by atoms with Gasteiger partial charge in [0.25, 0.3) is 5.69 Å². The third-order valence-electron chi connectivity index (χ3n) is 1.51. The summed E-state index contributed by atoms with van der Waals surface area (Å²) in [5.74, 6) is -0.702. The van der Waals surface area contributed by atoms with Crippen LogP contribution in [0.3, 0.4) is 0 Å². The quantitative estimate of drug-likeness (QED) is 0.470. The SMILES string of the molecule is CC.CC(F)(F)F.COC(=O)c1ccccc1[N+](=O)[O-]. The summed E-state index contributed by atoms with van der Waals surface area (Å²) in [6.45, 7) is 4.19. The molecule has 8 heteroatoms. The van der Waals surface area contributed by atoms with E-state index < -0.39 is 17.1 Å². The molecule has 0 aromatic heterocycles. The first-order valence-corrected chi connectivity index (χ1v) is 5.55. The summed E-state index contributed by atoms with van der Waals surface area (Å²) in [6, 6.07) is 5.64. The van der Waals surface area contributed by atoms with Gasteiger partial charge in [-0.1, -0.05) is 26.0 Å². The Hall–Kier alpha value is -2.12. The third kappa shape index (κ3) is 9.86. The summed E-state index contributed by atoms with van der Waals surface area (Å²) >= 11 is 0. The molecule has 0 saturated carbocycles. The number of halogens is 3. The van der Waals surface area contributed by atoms with E-state index in [2.05, 4.69) is 4.74 Å². The number of benzene rings is 1. The number of carbonyl (C=O) groups excluding carboxylic acids is 1. The number of esters is 1. The van der Waals surface area contributed by atoms with Crippen LogP contribution in [0.15, 0.2) is 24.3 Å². The van der Waals surface area contributed by atoms with Crippen molar-refractivity contribution in [3.8, 4) is 0 Å². The molecule has 0 fully saturated rings. The Kier molecular flexibility index (Phi) is 9.86. The number of methoxy groups -OCH3 is 1. The van der Waals surface area contributed by atoms with Crippen molar-refractivity contribution < 1.29 is 27.6 Å². The highest BCUT2D eigenvalue weighted by molar-refractivity contribution is 5.93. The summed E-state index contributed by atoms with van der Waals surface area (Å²) in [4.78, 5) is 20.8. The number of para-hydroxylation sites is 1. The van der Waals surface area contributed by atoms with Crippen molar-refractivity contribution in [1.82, 2.24) is 0 Å². The van der Waals surface area contributed by atoms with E-state index in [4.69, 9.17) is 0 Å². The topological polar surface area (TPSA) is 69.4 Å². The molecular formula is C12H16F3NO4. The Balaban J connectivity index is 0. The first-order chi connectivity index (χ1) is 9.16. The number of ether oxygens (including phenoxy) is 1. The monoisotopic (exact) mass is 295 g/mol. The number of alkyl halides is 3. The second kappa shape index (κ2) is 9.76. The van der Waals surface area contributed by atoms with Crippen LogP contribution in [0.1, 0.15) is 31.1 Å². The molecule has 0 N–H and O–H groups in total. The van der Waals surface area contributed by atoms with Crippen LogP contribution in [0.2, 0.25) is 0 Å². The maximum atomic E-state index is 11.0. The lowest BCUT2D eigenvalue weighted by atomic mass is 10.2. The second-order valence-corrected chi connectivity index (χ2v) is 3.05. The molecule has 0 aliphatic carbocycles. The van der Waals surface area contributed by atoms with Crippen LogP contribution in [0.5, 0.6) is 0 Å². The van der Waals surface area contributed by atoms with Crippen molar-refractivity contribution in [3.05, 3.63) is 39.9 Å². The first-order valence-electron chi connectivity index (χ1n) is 5.55. The number of hydrogen-bond donors (Lipinski definition) is 0. The molecule has 0 saturated heterocycles. The lowest BCUT2D eigenvalue weighted by Crippen LogP contribution is -2.04. The number of nitro groups is 1. The fraction of sp³-hybridized carbons (Fsp3) is 0.417. The van der Waals surface area contributed by atoms with Crippen molar-refractivity contribution >= 4 is 11.7 Å². The van der Waals surface area contributed by atoms with Crippen LogP contribution in [0.25, 0.3) is 0 Å². The predicted octanol–water partition coefficient (Wildman–Crippen LogP) is 3.98. The number of nitro benzene ring substituents is 1. The molecule has 5 nitrogen and oxygen atoms in total. The molecule has 0 heterocycles. The van der Waals surface area contributed by atoms with Crippen LogP contribution in [-0.2, 0) is 4.74 Å². The Morgan fingerprint density at radius 3 is 2.00 bits per heavy atom. The van der Waals surface area contributed by atoms with Gasteiger partial charge in [0.1, 0.15) is 5.56 Å². The minimum atomic E-state index is -4.00. The van der Waals surface area contributed by atoms with E-state index in [1.54, 1.807) is 6.07 Å². The average Bonchev–Trinajstić information content (AvgIpc) is 2.38. The zero-order valence-corrected chi connectivity index (χ0v) is 11.5. The third-order valence-corrected chi connectivity index (χ3v) is 1.51. The smallest absolute Gasteiger partial charge is 0.386 e. The lowest BCUT2D eigenvalue weighted by Gasteiger charge is -1.99. The van der Waals surface area contributed by atoms with E-state index in [1.807, 2.05) is 13.8 Å². The van der Waals surface area contributed by atoms with Gasteiger partial charge < -0.3 is 4.74 Å². The molecule has 0 aliphatic heterocycles. The first kappa shape index (κ1) is 20.2. The van der Waals surface area contributed by atoms with Gasteiger partial charge in [0.2, 0.25) is 0 Å². The zero-order valence-electron chi connectivity index (χ0n) is 11.5. The van der Waals surface area contributed by atoms with Gasteiger partial charge >= 0.3 is 12.1 Å². The van der Waals surface area contributed by atoms with Crippen LogP contribution in [-0.4, -0.2) is 24.2 Å². The fourth-order valence-electron chi connectivity index (χ4n) is 0.915. The molecule has 114 valence electrons. The van der Waals surface area contributed by atoms with E-state index in [0.717, 1.165) is 0 Å². The molecule has 0 atom stereocenters. The molecule has 1 aromatic rings. The minimum Gasteiger partial charge on any atom is -0.465 e. The molecule has 0 unspecified atom stereocenters. The van der Waals surface area contributed by atoms with Crippen LogP contribution in [0, 0.1) is 10.1 Å². The van der Waals surface area contributed by atoms with Crippen LogP contribution in [0.4, 0.5) is 18.9 Å². The summed E-state index contributed by atoms with van der Waals surface area (Å²) in [6.07, 6.45) is -4.00. The summed E-state index contributed by atoms with van der Waals surface area (Å²) in [7, 11) is 1.18. The molecular weight excluding hydrogens is 279 g/mol. The van der Waals surface area contributed by atoms with Gasteiger partial charge in [0, 0.05) is 13.0 Å². The maximum Gasteiger partial charge on any atom is 0.386 e. The summed E-state index contributed by atoms with van der Waals surface area (Å²) in [5, 5.41) is 10.4. The highest BCUT2D eigenvalue weighted by atomic mass is 19.4. The highest BCUT2D eigenvalue weighted by Gasteiger charge is 2.19. The highest BCUT2D eigenvalue weighted by Crippen LogP contribution is 2.17. The van der Waals surface area contributed by atoms with Gasteiger partial charge in [-0.3, -0.25) is 10.1 Å². The Morgan fingerprint density at radius 1 is 1.25 bits per heavy atom. The van der Waals surface area contributed by atoms with Gasteiger partial charge in [-0.25, -0.2) is 4.79 Å². The summed E-state index contributed by atoms with van der Waals surface area (Å²) < 4.78 is 35.4. The van der Waals surface area contributed by atoms with E-state index in [0.29, 0.717) is 0 Å². The second-order valence-electron chi connectivity index (χ2n) is 3.05. The maximum absolute atomic E-state index is 11.0. The number of hydrogen-bond acceptors (Lipinski definition) is 4. The predicted molar refractivity (Wildman–Crippen MR) is 67.5 cm³/mol. The fourth-order valence-corrected chi connectivity index (χ4v) is 0.915. The molecule has 1 rings (SSSR count). The normalized spacial score (nSPS) is 9.35. The Morgan fingerprint density at radius 2 is 1.65 bits per heavy atom. The molecule has 0 bridgehead atoms. The van der Waals surface area contributed by atoms with E-state index in [-0.39, 0.29) is 18.2 Å². The van der Waals surface area contributed by atoms with Gasteiger partial charge in [-0.05, 0) is 6.07 Å². The Labute approximate surface area is 114 Å². The number of rotatable bonds is 2. The molecule has 0 amide bonds. The van der Waals surface area contributed by atoms with Crippen molar-refractivity contribution in [3.63, 3.8) is 0 Å². The van der Waals surface area contributed by atoms with Gasteiger partial charge in [-0.2, -0.15) is 13.2 Å². The molecule has 20 heavy (non-hydrogen) atoms. The molecule has 0 aliphatic rings. The average molecular weight is 295 g/mol. The van der Waals surface area contributed by atoms with Crippen LogP contribution < -0.4 is 0 Å². The number of carbonyl (C=O) groups is 1. The van der Waals surface area contributed by atoms with Crippen molar-refractivity contribution in [2.75, 3.05) is 7.11 Å². The standard InChI is InChI=1S/C8H7NO4.C2H3F3.C2H6/c1-13-8(10)6-4-2-3-5-7(6)9(11)12;1-2(3,4)5;1-2/h2-5H,1H3;1H3;1-2H3. The van der Waals surface area contributed by atoms with Gasteiger partial charge in [0.15, 0.2) is 0 Å². The summed E-state index contributed by atoms with van der Waals surface area (Å²) in [5.41, 5.74) is -0.274. The minimum absolute atomic E-state index is 0.0324. The largest absolute Gasteiger partial charge is 0.465 e. The van der Waals surface area contributed by atoms with E-state index >= 15 is 0 Å².